The molecule has 2 aromatic heterocycles. The third kappa shape index (κ3) is 3.45. The lowest BCUT2D eigenvalue weighted by Gasteiger charge is -2.07. The second-order valence-electron chi connectivity index (χ2n) is 5.82. The highest BCUT2D eigenvalue weighted by Crippen LogP contribution is 2.34. The van der Waals surface area contributed by atoms with Crippen molar-refractivity contribution in [3.05, 3.63) is 76.5 Å². The van der Waals surface area contributed by atoms with Crippen LogP contribution in [0.1, 0.15) is 10.4 Å². The molecule has 0 unspecified atom stereocenters. The second kappa shape index (κ2) is 7.23. The molecule has 2 heterocycles. The van der Waals surface area contributed by atoms with E-state index < -0.39 is 0 Å². The molecule has 5 heteroatoms. The van der Waals surface area contributed by atoms with Gasteiger partial charge >= 0.3 is 0 Å². The van der Waals surface area contributed by atoms with Gasteiger partial charge in [0, 0.05) is 16.5 Å². The molecule has 0 fully saturated rings. The van der Waals surface area contributed by atoms with E-state index in [1.165, 1.54) is 5.56 Å². The number of anilines is 1. The fourth-order valence-electron chi connectivity index (χ4n) is 2.65. The Balaban J connectivity index is 1.60. The lowest BCUT2D eigenvalue weighted by molar-refractivity contribution is -0.111. The molecule has 0 aliphatic rings. The summed E-state index contributed by atoms with van der Waals surface area (Å²) in [4.78, 5) is 18.2. The Hall–Kier alpha value is -2.76. The van der Waals surface area contributed by atoms with Crippen LogP contribution in [0.15, 0.2) is 66.1 Å². The summed E-state index contributed by atoms with van der Waals surface area (Å²) in [7, 11) is 0. The van der Waals surface area contributed by atoms with Crippen LogP contribution in [0.5, 0.6) is 0 Å². The molecule has 2 aromatic carbocycles. The zero-order valence-corrected chi connectivity index (χ0v) is 15.7. The van der Waals surface area contributed by atoms with Gasteiger partial charge in [-0.1, -0.05) is 24.3 Å². The van der Waals surface area contributed by atoms with E-state index in [-0.39, 0.29) is 5.91 Å². The first-order chi connectivity index (χ1) is 12.7. The number of amides is 1. The van der Waals surface area contributed by atoms with Crippen molar-refractivity contribution >= 4 is 50.6 Å². The predicted molar refractivity (Wildman–Crippen MR) is 112 cm³/mol. The average Bonchev–Trinajstić information content (AvgIpc) is 3.26. The first-order valence-corrected chi connectivity index (χ1v) is 9.88. The minimum Gasteiger partial charge on any atom is -0.322 e. The van der Waals surface area contributed by atoms with E-state index >= 15 is 0 Å². The summed E-state index contributed by atoms with van der Waals surface area (Å²) in [6, 6.07) is 17.9. The molecule has 26 heavy (non-hydrogen) atoms. The van der Waals surface area contributed by atoms with Crippen molar-refractivity contribution in [1.29, 1.82) is 0 Å². The highest BCUT2D eigenvalue weighted by Gasteiger charge is 2.11. The van der Waals surface area contributed by atoms with Crippen LogP contribution >= 0.6 is 22.7 Å². The summed E-state index contributed by atoms with van der Waals surface area (Å²) >= 11 is 3.25. The lowest BCUT2D eigenvalue weighted by Crippen LogP contribution is -2.08. The summed E-state index contributed by atoms with van der Waals surface area (Å²) in [5.41, 5.74) is 3.85. The van der Waals surface area contributed by atoms with Gasteiger partial charge in [0.15, 0.2) is 0 Å². The van der Waals surface area contributed by atoms with Crippen molar-refractivity contribution in [2.45, 2.75) is 6.92 Å². The Morgan fingerprint density at radius 3 is 2.69 bits per heavy atom. The molecule has 128 valence electrons. The number of rotatable bonds is 4. The molecular formula is C21H16N2OS2. The van der Waals surface area contributed by atoms with E-state index in [1.807, 2.05) is 66.9 Å². The largest absolute Gasteiger partial charge is 0.322 e. The van der Waals surface area contributed by atoms with Crippen LogP contribution in [0.4, 0.5) is 5.69 Å². The predicted octanol–water partition coefficient (Wildman–Crippen LogP) is 5.99. The molecule has 1 amide bonds. The molecule has 0 spiro atoms. The number of thiophene rings is 1. The number of aromatic nitrogens is 1. The molecule has 4 rings (SSSR count). The van der Waals surface area contributed by atoms with Gasteiger partial charge in [-0.25, -0.2) is 4.98 Å². The van der Waals surface area contributed by atoms with Crippen LogP contribution < -0.4 is 5.32 Å². The topological polar surface area (TPSA) is 42.0 Å². The molecule has 4 aromatic rings. The Morgan fingerprint density at radius 2 is 1.88 bits per heavy atom. The van der Waals surface area contributed by atoms with Crippen molar-refractivity contribution in [3.63, 3.8) is 0 Å². The van der Waals surface area contributed by atoms with Gasteiger partial charge in [-0.3, -0.25) is 4.79 Å². The zero-order chi connectivity index (χ0) is 17.9. The van der Waals surface area contributed by atoms with Gasteiger partial charge in [0.2, 0.25) is 5.91 Å². The van der Waals surface area contributed by atoms with E-state index in [0.717, 1.165) is 31.4 Å². The number of nitrogens with zero attached hydrogens (tertiary/aromatic N) is 1. The molecule has 0 aliphatic carbocycles. The van der Waals surface area contributed by atoms with Crippen molar-refractivity contribution in [3.8, 4) is 10.6 Å². The summed E-state index contributed by atoms with van der Waals surface area (Å²) in [6.45, 7) is 2.04. The third-order valence-corrected chi connectivity index (χ3v) is 6.05. The molecule has 3 nitrogen and oxygen atoms in total. The molecule has 1 N–H and O–H groups in total. The summed E-state index contributed by atoms with van der Waals surface area (Å²) < 4.78 is 1.14. The van der Waals surface area contributed by atoms with Crippen LogP contribution in [0.2, 0.25) is 0 Å². The average molecular weight is 377 g/mol. The number of nitrogens with one attached hydrogen (secondary N) is 1. The summed E-state index contributed by atoms with van der Waals surface area (Å²) in [5.74, 6) is -0.147. The third-order valence-electron chi connectivity index (χ3n) is 4.00. The molecule has 0 atom stereocenters. The minimum absolute atomic E-state index is 0.147. The van der Waals surface area contributed by atoms with E-state index in [9.17, 15) is 4.79 Å². The molecule has 0 saturated heterocycles. The van der Waals surface area contributed by atoms with Crippen molar-refractivity contribution in [1.82, 2.24) is 4.98 Å². The van der Waals surface area contributed by atoms with Gasteiger partial charge in [-0.15, -0.1) is 22.7 Å². The Bertz CT molecular complexity index is 1070. The van der Waals surface area contributed by atoms with Crippen molar-refractivity contribution < 1.29 is 4.79 Å². The Labute approximate surface area is 159 Å². The number of thiazole rings is 1. The lowest BCUT2D eigenvalue weighted by atomic mass is 10.2. The number of benzene rings is 2. The Kier molecular flexibility index (Phi) is 4.65. The highest BCUT2D eigenvalue weighted by molar-refractivity contribution is 7.21. The summed E-state index contributed by atoms with van der Waals surface area (Å²) in [5, 5.41) is 5.91. The normalized spacial score (nSPS) is 11.3. The molecule has 0 saturated carbocycles. The minimum atomic E-state index is -0.147. The van der Waals surface area contributed by atoms with E-state index in [4.69, 9.17) is 4.98 Å². The number of hydrogen-bond donors (Lipinski definition) is 1. The van der Waals surface area contributed by atoms with Gasteiger partial charge in [-0.2, -0.15) is 0 Å². The van der Waals surface area contributed by atoms with Gasteiger partial charge in [0.25, 0.3) is 0 Å². The van der Waals surface area contributed by atoms with Gasteiger partial charge < -0.3 is 5.32 Å². The number of aryl methyl sites for hydroxylation is 1. The van der Waals surface area contributed by atoms with Crippen LogP contribution in [0.3, 0.4) is 0 Å². The zero-order valence-electron chi connectivity index (χ0n) is 14.1. The number of hydrogen-bond acceptors (Lipinski definition) is 4. The smallest absolute Gasteiger partial charge is 0.248 e. The van der Waals surface area contributed by atoms with E-state index in [1.54, 1.807) is 28.7 Å². The number of carbonyl (C=O) groups excluding carboxylic acids is 1. The fraction of sp³-hybridized carbons (Fsp3) is 0.0476. The van der Waals surface area contributed by atoms with Crippen LogP contribution in [0, 0.1) is 6.92 Å². The first-order valence-electron chi connectivity index (χ1n) is 8.19. The fourth-order valence-corrected chi connectivity index (χ4v) is 4.47. The number of carbonyl (C=O) groups is 1. The maximum atomic E-state index is 12.4. The van der Waals surface area contributed by atoms with Crippen LogP contribution in [-0.4, -0.2) is 10.9 Å². The maximum Gasteiger partial charge on any atom is 0.248 e. The standard InChI is InChI=1S/C21H16N2OS2/c1-14-12-13-25-18(14)10-11-20(24)22-16-7-3-2-6-15(16)21-23-17-8-4-5-9-19(17)26-21/h2-13H,1H3,(H,22,24)/b11-10+. The Morgan fingerprint density at radius 1 is 1.08 bits per heavy atom. The monoisotopic (exact) mass is 376 g/mol. The maximum absolute atomic E-state index is 12.4. The van der Waals surface area contributed by atoms with Crippen molar-refractivity contribution in [2.75, 3.05) is 5.32 Å². The quantitative estimate of drug-likeness (QED) is 0.445. The molecule has 0 radical (unpaired) electrons. The SMILES string of the molecule is Cc1ccsc1/C=C/C(=O)Nc1ccccc1-c1nc2ccccc2s1. The van der Waals surface area contributed by atoms with E-state index in [2.05, 4.69) is 11.4 Å². The highest BCUT2D eigenvalue weighted by atomic mass is 32.1. The van der Waals surface area contributed by atoms with Gasteiger partial charge in [0.1, 0.15) is 5.01 Å². The van der Waals surface area contributed by atoms with Crippen LogP contribution in [-0.2, 0) is 4.79 Å². The first kappa shape index (κ1) is 16.7. The van der Waals surface area contributed by atoms with Gasteiger partial charge in [0.05, 0.1) is 15.9 Å². The molecule has 0 bridgehead atoms. The van der Waals surface area contributed by atoms with E-state index in [0.29, 0.717) is 0 Å². The number of para-hydroxylation sites is 2. The second-order valence-corrected chi connectivity index (χ2v) is 7.80. The molecule has 0 aliphatic heterocycles. The van der Waals surface area contributed by atoms with Crippen LogP contribution in [0.25, 0.3) is 26.9 Å². The van der Waals surface area contributed by atoms with Crippen molar-refractivity contribution in [2.24, 2.45) is 0 Å². The number of fused-ring (bicyclic) bond motifs is 1. The molecular weight excluding hydrogens is 360 g/mol. The summed E-state index contributed by atoms with van der Waals surface area (Å²) in [6.07, 6.45) is 3.43. The van der Waals surface area contributed by atoms with Gasteiger partial charge in [-0.05, 0) is 54.3 Å².